The first kappa shape index (κ1) is 25.8. The number of non-ortho nitro benzene ring substituents is 1. The molecule has 6 rings (SSSR count). The monoisotopic (exact) mass is 558 g/mol. The summed E-state index contributed by atoms with van der Waals surface area (Å²) < 4.78 is 11.1. The van der Waals surface area contributed by atoms with Gasteiger partial charge in [0.25, 0.3) is 5.69 Å². The van der Waals surface area contributed by atoms with Crippen LogP contribution in [0.2, 0.25) is 5.02 Å². The highest BCUT2D eigenvalue weighted by atomic mass is 35.5. The molecule has 0 radical (unpaired) electrons. The van der Waals surface area contributed by atoms with Crippen molar-refractivity contribution < 1.29 is 28.8 Å². The van der Waals surface area contributed by atoms with E-state index in [9.17, 15) is 24.5 Å². The lowest BCUT2D eigenvalue weighted by atomic mass is 9.82. The number of carbonyl (C=O) groups excluding carboxylic acids is 3. The number of rotatable bonds is 7. The zero-order chi connectivity index (χ0) is 28.1. The van der Waals surface area contributed by atoms with Gasteiger partial charge in [-0.25, -0.2) is 4.79 Å². The van der Waals surface area contributed by atoms with Gasteiger partial charge in [0.05, 0.1) is 33.0 Å². The van der Waals surface area contributed by atoms with Crippen molar-refractivity contribution >= 4 is 40.8 Å². The number of halogens is 1. The van der Waals surface area contributed by atoms with E-state index in [-0.39, 0.29) is 58.6 Å². The van der Waals surface area contributed by atoms with E-state index in [1.54, 1.807) is 48.5 Å². The predicted molar refractivity (Wildman–Crippen MR) is 145 cm³/mol. The molecule has 9 nitrogen and oxygen atoms in total. The summed E-state index contributed by atoms with van der Waals surface area (Å²) in [6.07, 6.45) is 3.01. The largest absolute Gasteiger partial charge is 0.457 e. The lowest BCUT2D eigenvalue weighted by Gasteiger charge is -2.19. The summed E-state index contributed by atoms with van der Waals surface area (Å²) in [5.74, 6) is -0.427. The minimum absolute atomic E-state index is 0.0146. The van der Waals surface area contributed by atoms with Crippen LogP contribution in [0.1, 0.15) is 29.3 Å². The maximum absolute atomic E-state index is 13.1. The third-order valence-electron chi connectivity index (χ3n) is 7.89. The Bertz CT molecular complexity index is 1580. The highest BCUT2D eigenvalue weighted by Crippen LogP contribution is 2.55. The summed E-state index contributed by atoms with van der Waals surface area (Å²) in [6, 6.07) is 17.0. The fourth-order valence-electron chi connectivity index (χ4n) is 5.97. The molecule has 0 unspecified atom stereocenters. The molecule has 10 heteroatoms. The molecule has 1 saturated heterocycles. The number of nitro benzene ring substituents is 1. The van der Waals surface area contributed by atoms with Crippen LogP contribution in [-0.2, 0) is 20.9 Å². The fourth-order valence-corrected chi connectivity index (χ4v) is 6.19. The van der Waals surface area contributed by atoms with Gasteiger partial charge >= 0.3 is 5.97 Å². The van der Waals surface area contributed by atoms with Gasteiger partial charge in [-0.05, 0) is 73.2 Å². The molecular formula is C30H23ClN2O7. The van der Waals surface area contributed by atoms with Crippen LogP contribution in [0.15, 0.2) is 78.4 Å². The van der Waals surface area contributed by atoms with Gasteiger partial charge in [0.15, 0.2) is 0 Å². The number of esters is 1. The second-order valence-corrected chi connectivity index (χ2v) is 10.6. The van der Waals surface area contributed by atoms with Gasteiger partial charge in [-0.1, -0.05) is 35.4 Å². The quantitative estimate of drug-likeness (QED) is 0.113. The summed E-state index contributed by atoms with van der Waals surface area (Å²) >= 11 is 6.07. The van der Waals surface area contributed by atoms with E-state index in [1.807, 2.05) is 6.92 Å². The number of carbonyl (C=O) groups is 3. The van der Waals surface area contributed by atoms with Crippen LogP contribution in [0.4, 0.5) is 11.4 Å². The standard InChI is InChI=1S/C30H23ClN2O7/c1-16-12-19-13-23(16)27-26(19)28(34)32(29(27)35)20-6-4-18(5-7-20)30(36)39-15-17-2-9-22(10-3-17)40-25-11-8-21(33(37)38)14-24(25)31/h2-12,14,19,23,26-27H,13,15H2,1H3/t19-,23-,26-,27-/m0/s1. The first-order valence-corrected chi connectivity index (χ1v) is 13.1. The molecule has 2 bridgehead atoms. The maximum atomic E-state index is 13.1. The SMILES string of the molecule is CC1=C[C@H]2C[C@@H]1[C@@H]1C(=O)N(c3ccc(C(=O)OCc4ccc(Oc5ccc([N+](=O)[O-])cc5Cl)cc4)cc3)C(=O)[C@H]12. The van der Waals surface area contributed by atoms with Crippen molar-refractivity contribution in [2.45, 2.75) is 20.0 Å². The van der Waals surface area contributed by atoms with Crippen molar-refractivity contribution in [2.75, 3.05) is 4.90 Å². The predicted octanol–water partition coefficient (Wildman–Crippen LogP) is 6.10. The summed E-state index contributed by atoms with van der Waals surface area (Å²) in [6.45, 7) is 2.04. The Kier molecular flexibility index (Phi) is 6.38. The van der Waals surface area contributed by atoms with Crippen molar-refractivity contribution in [3.8, 4) is 11.5 Å². The number of nitro groups is 1. The molecule has 0 spiro atoms. The molecule has 2 aliphatic carbocycles. The van der Waals surface area contributed by atoms with Gasteiger partial charge in [-0.3, -0.25) is 24.6 Å². The van der Waals surface area contributed by atoms with E-state index in [0.29, 0.717) is 22.6 Å². The number of hydrogen-bond acceptors (Lipinski definition) is 7. The van der Waals surface area contributed by atoms with E-state index >= 15 is 0 Å². The molecule has 1 aliphatic heterocycles. The van der Waals surface area contributed by atoms with Gasteiger partial charge in [-0.15, -0.1) is 0 Å². The first-order chi connectivity index (χ1) is 19.2. The summed E-state index contributed by atoms with van der Waals surface area (Å²) in [5.41, 5.74) is 2.53. The van der Waals surface area contributed by atoms with Crippen LogP contribution < -0.4 is 9.64 Å². The second-order valence-electron chi connectivity index (χ2n) is 10.2. The Morgan fingerprint density at radius 2 is 1.73 bits per heavy atom. The molecule has 3 aliphatic rings. The molecule has 4 atom stereocenters. The number of hydrogen-bond donors (Lipinski definition) is 0. The lowest BCUT2D eigenvalue weighted by Crippen LogP contribution is -2.32. The highest BCUT2D eigenvalue weighted by molar-refractivity contribution is 6.32. The smallest absolute Gasteiger partial charge is 0.338 e. The zero-order valence-electron chi connectivity index (χ0n) is 21.3. The Morgan fingerprint density at radius 3 is 2.40 bits per heavy atom. The van der Waals surface area contributed by atoms with Crippen molar-refractivity contribution in [1.29, 1.82) is 0 Å². The normalized spacial score (nSPS) is 22.8. The highest BCUT2D eigenvalue weighted by Gasteiger charge is 2.60. The Balaban J connectivity index is 1.05. The van der Waals surface area contributed by atoms with Gasteiger partial charge in [0.2, 0.25) is 11.8 Å². The van der Waals surface area contributed by atoms with Gasteiger partial charge in [0.1, 0.15) is 18.1 Å². The van der Waals surface area contributed by atoms with Crippen molar-refractivity contribution in [3.05, 3.63) is 105 Å². The molecule has 3 aromatic carbocycles. The van der Waals surface area contributed by atoms with Crippen LogP contribution in [0.5, 0.6) is 11.5 Å². The van der Waals surface area contributed by atoms with Gasteiger partial charge in [-0.2, -0.15) is 0 Å². The first-order valence-electron chi connectivity index (χ1n) is 12.8. The van der Waals surface area contributed by atoms with Crippen LogP contribution >= 0.6 is 11.6 Å². The second kappa shape index (κ2) is 9.91. The molecule has 2 amide bonds. The number of allylic oxidation sites excluding steroid dienone is 2. The van der Waals surface area contributed by atoms with Gasteiger partial charge in [0, 0.05) is 12.1 Å². The fraction of sp³-hybridized carbons (Fsp3) is 0.233. The van der Waals surface area contributed by atoms with E-state index in [1.165, 1.54) is 28.7 Å². The topological polar surface area (TPSA) is 116 Å². The number of anilines is 1. The van der Waals surface area contributed by atoms with Crippen LogP contribution in [0, 0.1) is 33.8 Å². The molecule has 1 saturated carbocycles. The zero-order valence-corrected chi connectivity index (χ0v) is 22.0. The minimum Gasteiger partial charge on any atom is -0.457 e. The van der Waals surface area contributed by atoms with Crippen LogP contribution in [-0.4, -0.2) is 22.7 Å². The van der Waals surface area contributed by atoms with Crippen molar-refractivity contribution in [2.24, 2.45) is 23.7 Å². The Morgan fingerprint density at radius 1 is 1.02 bits per heavy atom. The summed E-state index contributed by atoms with van der Waals surface area (Å²) in [4.78, 5) is 50.4. The van der Waals surface area contributed by atoms with E-state index < -0.39 is 10.9 Å². The molecular weight excluding hydrogens is 536 g/mol. The molecule has 0 N–H and O–H groups in total. The number of nitrogens with zero attached hydrogens (tertiary/aromatic N) is 2. The molecule has 202 valence electrons. The molecule has 0 aromatic heterocycles. The van der Waals surface area contributed by atoms with E-state index in [4.69, 9.17) is 21.1 Å². The van der Waals surface area contributed by atoms with Crippen LogP contribution in [0.25, 0.3) is 0 Å². The van der Waals surface area contributed by atoms with Crippen molar-refractivity contribution in [1.82, 2.24) is 0 Å². The van der Waals surface area contributed by atoms with E-state index in [2.05, 4.69) is 6.08 Å². The minimum atomic E-state index is -0.543. The average molecular weight is 559 g/mol. The molecule has 40 heavy (non-hydrogen) atoms. The molecule has 3 aromatic rings. The molecule has 1 heterocycles. The summed E-state index contributed by atoms with van der Waals surface area (Å²) in [7, 11) is 0. The number of fused-ring (bicyclic) bond motifs is 5. The average Bonchev–Trinajstić information content (AvgIpc) is 3.59. The van der Waals surface area contributed by atoms with E-state index in [0.717, 1.165) is 6.42 Å². The third kappa shape index (κ3) is 4.42. The molecule has 2 fully saturated rings. The maximum Gasteiger partial charge on any atom is 0.338 e. The van der Waals surface area contributed by atoms with Crippen molar-refractivity contribution in [3.63, 3.8) is 0 Å². The Hall–Kier alpha value is -4.50. The summed E-state index contributed by atoms with van der Waals surface area (Å²) in [5, 5.41) is 11.0. The number of imide groups is 1. The lowest BCUT2D eigenvalue weighted by molar-refractivity contribution is -0.384. The Labute approximate surface area is 234 Å². The van der Waals surface area contributed by atoms with Crippen LogP contribution in [0.3, 0.4) is 0 Å². The number of ether oxygens (including phenoxy) is 2. The third-order valence-corrected chi connectivity index (χ3v) is 8.18. The number of benzene rings is 3. The number of amides is 2. The van der Waals surface area contributed by atoms with Gasteiger partial charge < -0.3 is 9.47 Å².